The molecule has 1 rings (SSSR count). The third kappa shape index (κ3) is 5.27. The second-order valence-corrected chi connectivity index (χ2v) is 4.44. The summed E-state index contributed by atoms with van der Waals surface area (Å²) >= 11 is 0. The van der Waals surface area contributed by atoms with E-state index in [1.807, 2.05) is 6.92 Å². The monoisotopic (exact) mass is 252 g/mol. The largest absolute Gasteiger partial charge is 0.350 e. The van der Waals surface area contributed by atoms with Crippen molar-refractivity contribution < 1.29 is 9.18 Å². The lowest BCUT2D eigenvalue weighted by molar-refractivity contribution is -0.121. The Morgan fingerprint density at radius 3 is 2.56 bits per heavy atom. The Labute approximate surface area is 108 Å². The maximum atomic E-state index is 12.8. The summed E-state index contributed by atoms with van der Waals surface area (Å²) in [5, 5.41) is 2.90. The summed E-state index contributed by atoms with van der Waals surface area (Å²) in [6.45, 7) is 2.57. The van der Waals surface area contributed by atoms with Crippen molar-refractivity contribution in [3.8, 4) is 0 Å². The van der Waals surface area contributed by atoms with E-state index in [2.05, 4.69) is 5.32 Å². The third-order valence-electron chi connectivity index (χ3n) is 2.86. The van der Waals surface area contributed by atoms with E-state index >= 15 is 0 Å². The fraction of sp³-hybridized carbons (Fsp3) is 0.500. The third-order valence-corrected chi connectivity index (χ3v) is 2.86. The molecule has 1 aromatic rings. The molecule has 1 atom stereocenters. The van der Waals surface area contributed by atoms with Gasteiger partial charge in [-0.05, 0) is 44.0 Å². The van der Waals surface area contributed by atoms with Gasteiger partial charge in [-0.3, -0.25) is 4.79 Å². The molecule has 0 heterocycles. The Balaban J connectivity index is 2.33. The van der Waals surface area contributed by atoms with Crippen LogP contribution in [0.3, 0.4) is 0 Å². The fourth-order valence-electron chi connectivity index (χ4n) is 1.76. The van der Waals surface area contributed by atoms with Crippen molar-refractivity contribution in [3.05, 3.63) is 35.6 Å². The minimum atomic E-state index is -0.265. The first-order valence-corrected chi connectivity index (χ1v) is 6.38. The van der Waals surface area contributed by atoms with Gasteiger partial charge in [0.25, 0.3) is 0 Å². The maximum absolute atomic E-state index is 12.8. The first-order valence-electron chi connectivity index (χ1n) is 6.38. The lowest BCUT2D eigenvalue weighted by Gasteiger charge is -2.14. The summed E-state index contributed by atoms with van der Waals surface area (Å²) in [5.41, 5.74) is 6.29. The van der Waals surface area contributed by atoms with Crippen molar-refractivity contribution in [1.29, 1.82) is 0 Å². The van der Waals surface area contributed by atoms with E-state index in [1.165, 1.54) is 12.1 Å². The molecule has 1 amide bonds. The van der Waals surface area contributed by atoms with Gasteiger partial charge in [-0.25, -0.2) is 4.39 Å². The van der Waals surface area contributed by atoms with Gasteiger partial charge in [-0.15, -0.1) is 0 Å². The van der Waals surface area contributed by atoms with Gasteiger partial charge in [0.05, 0.1) is 6.04 Å². The summed E-state index contributed by atoms with van der Waals surface area (Å²) in [4.78, 5) is 11.6. The molecule has 0 aliphatic rings. The highest BCUT2D eigenvalue weighted by Crippen LogP contribution is 2.13. The molecule has 0 aromatic heterocycles. The van der Waals surface area contributed by atoms with E-state index in [0.717, 1.165) is 24.8 Å². The average Bonchev–Trinajstić information content (AvgIpc) is 2.35. The van der Waals surface area contributed by atoms with Crippen LogP contribution in [-0.2, 0) is 4.79 Å². The molecule has 0 spiro atoms. The number of hydrogen-bond donors (Lipinski definition) is 2. The maximum Gasteiger partial charge on any atom is 0.220 e. The Hall–Kier alpha value is -1.42. The minimum Gasteiger partial charge on any atom is -0.350 e. The summed E-state index contributed by atoms with van der Waals surface area (Å²) in [6.07, 6.45) is 3.32. The number of carbonyl (C=O) groups is 1. The molecule has 100 valence electrons. The smallest absolute Gasteiger partial charge is 0.220 e. The summed E-state index contributed by atoms with van der Waals surface area (Å²) in [5.74, 6) is -0.233. The molecule has 3 nitrogen and oxygen atoms in total. The number of rotatable bonds is 7. The zero-order valence-electron chi connectivity index (χ0n) is 10.8. The number of nitrogens with one attached hydrogen (secondary N) is 1. The quantitative estimate of drug-likeness (QED) is 0.733. The summed E-state index contributed by atoms with van der Waals surface area (Å²) < 4.78 is 12.8. The standard InChI is InChI=1S/C14H21FN2O/c1-11(12-6-8-13(15)9-7-12)17-14(18)5-3-2-4-10-16/h6-9,11H,2-5,10,16H2,1H3,(H,17,18)/t11-/m1/s1. The molecule has 3 N–H and O–H groups in total. The van der Waals surface area contributed by atoms with E-state index in [4.69, 9.17) is 5.73 Å². The number of unbranched alkanes of at least 4 members (excludes halogenated alkanes) is 2. The van der Waals surface area contributed by atoms with Crippen molar-refractivity contribution in [2.75, 3.05) is 6.54 Å². The lowest BCUT2D eigenvalue weighted by Crippen LogP contribution is -2.26. The van der Waals surface area contributed by atoms with Crippen LogP contribution in [0, 0.1) is 5.82 Å². The second kappa shape index (κ2) is 7.82. The van der Waals surface area contributed by atoms with Crippen LogP contribution in [-0.4, -0.2) is 12.5 Å². The predicted octanol–water partition coefficient (Wildman–Crippen LogP) is 2.52. The minimum absolute atomic E-state index is 0.0313. The number of benzene rings is 1. The van der Waals surface area contributed by atoms with Crippen molar-refractivity contribution in [2.24, 2.45) is 5.73 Å². The fourth-order valence-corrected chi connectivity index (χ4v) is 1.76. The van der Waals surface area contributed by atoms with E-state index in [0.29, 0.717) is 13.0 Å². The van der Waals surface area contributed by atoms with Gasteiger partial charge in [0.15, 0.2) is 0 Å². The zero-order valence-corrected chi connectivity index (χ0v) is 10.8. The van der Waals surface area contributed by atoms with Gasteiger partial charge in [-0.2, -0.15) is 0 Å². The number of nitrogens with two attached hydrogens (primary N) is 1. The van der Waals surface area contributed by atoms with E-state index < -0.39 is 0 Å². The second-order valence-electron chi connectivity index (χ2n) is 4.44. The van der Waals surface area contributed by atoms with Crippen molar-refractivity contribution in [2.45, 2.75) is 38.6 Å². The van der Waals surface area contributed by atoms with Gasteiger partial charge in [0, 0.05) is 6.42 Å². The molecule has 0 saturated carbocycles. The molecule has 1 aromatic carbocycles. The Bertz CT molecular complexity index is 365. The molecule has 0 radical (unpaired) electrons. The summed E-state index contributed by atoms with van der Waals surface area (Å²) in [7, 11) is 0. The molecule has 0 bridgehead atoms. The van der Waals surface area contributed by atoms with E-state index in [1.54, 1.807) is 12.1 Å². The highest BCUT2D eigenvalue weighted by atomic mass is 19.1. The van der Waals surface area contributed by atoms with Gasteiger partial charge in [0.2, 0.25) is 5.91 Å². The molecular weight excluding hydrogens is 231 g/mol. The van der Waals surface area contributed by atoms with Crippen molar-refractivity contribution in [3.63, 3.8) is 0 Å². The van der Waals surface area contributed by atoms with Crippen LogP contribution in [0.1, 0.15) is 44.2 Å². The molecule has 0 fully saturated rings. The molecule has 0 saturated heterocycles. The van der Waals surface area contributed by atoms with Crippen LogP contribution >= 0.6 is 0 Å². The van der Waals surface area contributed by atoms with Gasteiger partial charge >= 0.3 is 0 Å². The van der Waals surface area contributed by atoms with Crippen LogP contribution in [0.25, 0.3) is 0 Å². The molecule has 4 heteroatoms. The number of carbonyl (C=O) groups excluding carboxylic acids is 1. The first-order chi connectivity index (χ1) is 8.63. The van der Waals surface area contributed by atoms with Crippen LogP contribution in [0.5, 0.6) is 0 Å². The number of amides is 1. The van der Waals surface area contributed by atoms with Gasteiger partial charge < -0.3 is 11.1 Å². The Morgan fingerprint density at radius 2 is 1.94 bits per heavy atom. The highest BCUT2D eigenvalue weighted by molar-refractivity contribution is 5.76. The van der Waals surface area contributed by atoms with Crippen LogP contribution in [0.15, 0.2) is 24.3 Å². The highest BCUT2D eigenvalue weighted by Gasteiger charge is 2.09. The Morgan fingerprint density at radius 1 is 1.28 bits per heavy atom. The number of hydrogen-bond acceptors (Lipinski definition) is 2. The lowest BCUT2D eigenvalue weighted by atomic mass is 10.1. The average molecular weight is 252 g/mol. The molecule has 0 aliphatic carbocycles. The molecule has 0 unspecified atom stereocenters. The van der Waals surface area contributed by atoms with Gasteiger partial charge in [-0.1, -0.05) is 18.6 Å². The van der Waals surface area contributed by atoms with E-state index in [9.17, 15) is 9.18 Å². The predicted molar refractivity (Wildman–Crippen MR) is 70.5 cm³/mol. The van der Waals surface area contributed by atoms with Crippen molar-refractivity contribution >= 4 is 5.91 Å². The topological polar surface area (TPSA) is 55.1 Å². The van der Waals surface area contributed by atoms with Crippen LogP contribution in [0.2, 0.25) is 0 Å². The molecular formula is C14H21FN2O. The zero-order chi connectivity index (χ0) is 13.4. The summed E-state index contributed by atoms with van der Waals surface area (Å²) in [6, 6.07) is 6.09. The molecule has 18 heavy (non-hydrogen) atoms. The Kier molecular flexibility index (Phi) is 6.36. The molecule has 0 aliphatic heterocycles. The van der Waals surface area contributed by atoms with E-state index in [-0.39, 0.29) is 17.8 Å². The van der Waals surface area contributed by atoms with Crippen molar-refractivity contribution in [1.82, 2.24) is 5.32 Å². The van der Waals surface area contributed by atoms with Crippen LogP contribution in [0.4, 0.5) is 4.39 Å². The van der Waals surface area contributed by atoms with Crippen LogP contribution < -0.4 is 11.1 Å². The number of halogens is 1. The SMILES string of the molecule is C[C@@H](NC(=O)CCCCCN)c1ccc(F)cc1. The normalized spacial score (nSPS) is 12.2. The van der Waals surface area contributed by atoms with Gasteiger partial charge in [0.1, 0.15) is 5.82 Å². The first kappa shape index (κ1) is 14.6.